The number of nitrogens with zero attached hydrogens (tertiary/aromatic N) is 2. The Morgan fingerprint density at radius 3 is 2.26 bits per heavy atom. The molecule has 0 bridgehead atoms. The molecule has 0 fully saturated rings. The normalized spacial score (nSPS) is 10.6. The molecule has 2 aromatic heterocycles. The van der Waals surface area contributed by atoms with Crippen LogP contribution in [0.4, 0.5) is 5.69 Å². The monoisotopic (exact) mass is 457 g/mol. The third-order valence-corrected chi connectivity index (χ3v) is 5.19. The van der Waals surface area contributed by atoms with Crippen molar-refractivity contribution in [3.63, 3.8) is 0 Å². The fourth-order valence-corrected chi connectivity index (χ4v) is 3.41. The van der Waals surface area contributed by atoms with E-state index in [-0.39, 0.29) is 18.2 Å². The Hall–Kier alpha value is -4.33. The summed E-state index contributed by atoms with van der Waals surface area (Å²) in [6, 6.07) is 19.0. The number of carbonyl (C=O) groups is 2. The summed E-state index contributed by atoms with van der Waals surface area (Å²) in [5.41, 5.74) is 2.72. The van der Waals surface area contributed by atoms with Gasteiger partial charge in [0.2, 0.25) is 11.8 Å². The van der Waals surface area contributed by atoms with Crippen LogP contribution in [0.3, 0.4) is 0 Å². The number of aromatic nitrogens is 3. The molecule has 174 valence electrons. The van der Waals surface area contributed by atoms with Gasteiger partial charge in [-0.05, 0) is 67.1 Å². The van der Waals surface area contributed by atoms with Gasteiger partial charge in [0.15, 0.2) is 0 Å². The molecule has 4 rings (SSSR count). The molecule has 8 heteroatoms. The minimum atomic E-state index is -0.125. The number of hydrogen-bond donors (Lipinski definition) is 3. The van der Waals surface area contributed by atoms with Gasteiger partial charge in [0.1, 0.15) is 11.5 Å². The van der Waals surface area contributed by atoms with Crippen molar-refractivity contribution in [3.8, 4) is 17.2 Å². The maximum absolute atomic E-state index is 12.2. The van der Waals surface area contributed by atoms with Crippen molar-refractivity contribution in [1.29, 1.82) is 0 Å². The van der Waals surface area contributed by atoms with E-state index in [4.69, 9.17) is 4.74 Å². The van der Waals surface area contributed by atoms with Gasteiger partial charge in [-0.25, -0.2) is 4.98 Å². The van der Waals surface area contributed by atoms with Crippen LogP contribution in [0.15, 0.2) is 85.6 Å². The number of aromatic amines is 1. The number of imidazole rings is 1. The van der Waals surface area contributed by atoms with Crippen LogP contribution in [0.25, 0.3) is 5.69 Å². The standard InChI is InChI=1S/C26H27N5O3/c32-25(28-15-14-21-18-27-19-29-21)4-3-5-26(33)30-20-6-10-23(11-7-20)34-24-12-8-22(9-13-24)31-16-1-2-17-31/h1-2,6-13,16-19H,3-5,14-15H2,(H,27,29)(H,28,32)(H,30,33). The quantitative estimate of drug-likeness (QED) is 0.309. The zero-order valence-electron chi connectivity index (χ0n) is 18.7. The van der Waals surface area contributed by atoms with Crippen LogP contribution < -0.4 is 15.4 Å². The van der Waals surface area contributed by atoms with Gasteiger partial charge in [-0.2, -0.15) is 0 Å². The molecule has 8 nitrogen and oxygen atoms in total. The van der Waals surface area contributed by atoms with E-state index in [2.05, 4.69) is 20.6 Å². The molecule has 0 atom stereocenters. The molecule has 3 N–H and O–H groups in total. The summed E-state index contributed by atoms with van der Waals surface area (Å²) in [6.45, 7) is 0.541. The highest BCUT2D eigenvalue weighted by Crippen LogP contribution is 2.24. The van der Waals surface area contributed by atoms with Crippen LogP contribution in [-0.2, 0) is 16.0 Å². The molecule has 0 aliphatic carbocycles. The van der Waals surface area contributed by atoms with Crippen LogP contribution in [0.2, 0.25) is 0 Å². The lowest BCUT2D eigenvalue weighted by molar-refractivity contribution is -0.121. The first-order valence-electron chi connectivity index (χ1n) is 11.2. The molecule has 0 aliphatic heterocycles. The smallest absolute Gasteiger partial charge is 0.224 e. The van der Waals surface area contributed by atoms with Crippen LogP contribution in [-0.4, -0.2) is 32.9 Å². The van der Waals surface area contributed by atoms with Crippen molar-refractivity contribution in [2.75, 3.05) is 11.9 Å². The SMILES string of the molecule is O=C(CCCC(=O)Nc1ccc(Oc2ccc(-n3cccc3)cc2)cc1)NCCc1cnc[nH]1. The molecule has 34 heavy (non-hydrogen) atoms. The number of amides is 2. The summed E-state index contributed by atoms with van der Waals surface area (Å²) >= 11 is 0. The summed E-state index contributed by atoms with van der Waals surface area (Å²) in [7, 11) is 0. The Morgan fingerprint density at radius 2 is 1.59 bits per heavy atom. The van der Waals surface area contributed by atoms with Crippen molar-refractivity contribution in [1.82, 2.24) is 19.9 Å². The van der Waals surface area contributed by atoms with E-state index in [0.717, 1.165) is 17.1 Å². The first-order valence-corrected chi connectivity index (χ1v) is 11.2. The van der Waals surface area contributed by atoms with Crippen molar-refractivity contribution >= 4 is 17.5 Å². The largest absolute Gasteiger partial charge is 0.457 e. The minimum Gasteiger partial charge on any atom is -0.457 e. The molecule has 4 aromatic rings. The maximum atomic E-state index is 12.2. The number of ether oxygens (including phenoxy) is 1. The van der Waals surface area contributed by atoms with Gasteiger partial charge in [0.05, 0.1) is 6.33 Å². The number of benzene rings is 2. The predicted molar refractivity (Wildman–Crippen MR) is 130 cm³/mol. The topological polar surface area (TPSA) is 101 Å². The minimum absolute atomic E-state index is 0.0600. The Morgan fingerprint density at radius 1 is 0.912 bits per heavy atom. The predicted octanol–water partition coefficient (Wildman–Crippen LogP) is 4.46. The summed E-state index contributed by atoms with van der Waals surface area (Å²) in [4.78, 5) is 31.0. The number of H-pyrrole nitrogens is 1. The Bertz CT molecular complexity index is 1170. The van der Waals surface area contributed by atoms with Crippen molar-refractivity contribution < 1.29 is 14.3 Å². The number of carbonyl (C=O) groups excluding carboxylic acids is 2. The van der Waals surface area contributed by atoms with Gasteiger partial charge in [0, 0.05) is 61.5 Å². The summed E-state index contributed by atoms with van der Waals surface area (Å²) in [5.74, 6) is 1.23. The van der Waals surface area contributed by atoms with Crippen molar-refractivity contribution in [3.05, 3.63) is 91.3 Å². The van der Waals surface area contributed by atoms with Gasteiger partial charge < -0.3 is 24.9 Å². The van der Waals surface area contributed by atoms with Crippen molar-refractivity contribution in [2.24, 2.45) is 0 Å². The number of hydrogen-bond acceptors (Lipinski definition) is 4. The zero-order valence-corrected chi connectivity index (χ0v) is 18.7. The van der Waals surface area contributed by atoms with E-state index in [1.807, 2.05) is 65.5 Å². The molecule has 2 heterocycles. The molecular formula is C26H27N5O3. The van der Waals surface area contributed by atoms with E-state index in [1.54, 1.807) is 24.7 Å². The number of anilines is 1. The summed E-state index contributed by atoms with van der Waals surface area (Å²) in [6.07, 6.45) is 9.10. The number of rotatable bonds is 11. The Balaban J connectivity index is 1.15. The summed E-state index contributed by atoms with van der Waals surface area (Å²) < 4.78 is 7.91. The molecule has 2 aromatic carbocycles. The molecule has 0 aliphatic rings. The second kappa shape index (κ2) is 11.5. The second-order valence-corrected chi connectivity index (χ2v) is 7.79. The summed E-state index contributed by atoms with van der Waals surface area (Å²) in [5, 5.41) is 5.70. The van der Waals surface area contributed by atoms with Crippen LogP contribution in [0.5, 0.6) is 11.5 Å². The lowest BCUT2D eigenvalue weighted by atomic mass is 10.2. The van der Waals surface area contributed by atoms with E-state index >= 15 is 0 Å². The van der Waals surface area contributed by atoms with E-state index in [9.17, 15) is 9.59 Å². The first kappa shape index (κ1) is 22.8. The average molecular weight is 458 g/mol. The average Bonchev–Trinajstić information content (AvgIpc) is 3.56. The lowest BCUT2D eigenvalue weighted by Gasteiger charge is -2.09. The Kier molecular flexibility index (Phi) is 7.74. The third kappa shape index (κ3) is 6.83. The molecule has 0 saturated carbocycles. The highest BCUT2D eigenvalue weighted by Gasteiger charge is 2.07. The highest BCUT2D eigenvalue weighted by molar-refractivity contribution is 5.91. The van der Waals surface area contributed by atoms with Crippen LogP contribution in [0.1, 0.15) is 25.0 Å². The second-order valence-electron chi connectivity index (χ2n) is 7.79. The van der Waals surface area contributed by atoms with Crippen molar-refractivity contribution in [2.45, 2.75) is 25.7 Å². The third-order valence-electron chi connectivity index (χ3n) is 5.19. The zero-order chi connectivity index (χ0) is 23.6. The molecular weight excluding hydrogens is 430 g/mol. The van der Waals surface area contributed by atoms with Gasteiger partial charge >= 0.3 is 0 Å². The van der Waals surface area contributed by atoms with E-state index in [1.165, 1.54) is 0 Å². The van der Waals surface area contributed by atoms with E-state index in [0.29, 0.717) is 37.2 Å². The highest BCUT2D eigenvalue weighted by atomic mass is 16.5. The fourth-order valence-electron chi connectivity index (χ4n) is 3.41. The molecule has 0 saturated heterocycles. The van der Waals surface area contributed by atoms with E-state index < -0.39 is 0 Å². The van der Waals surface area contributed by atoms with Gasteiger partial charge in [-0.3, -0.25) is 9.59 Å². The van der Waals surface area contributed by atoms with Crippen LogP contribution in [0, 0.1) is 0 Å². The van der Waals surface area contributed by atoms with Gasteiger partial charge in [0.25, 0.3) is 0 Å². The van der Waals surface area contributed by atoms with Gasteiger partial charge in [-0.15, -0.1) is 0 Å². The number of nitrogens with one attached hydrogen (secondary N) is 3. The molecule has 0 spiro atoms. The Labute approximate surface area is 198 Å². The molecule has 0 radical (unpaired) electrons. The maximum Gasteiger partial charge on any atom is 0.224 e. The van der Waals surface area contributed by atoms with Gasteiger partial charge in [-0.1, -0.05) is 0 Å². The fraction of sp³-hybridized carbons (Fsp3) is 0.192. The van der Waals surface area contributed by atoms with Crippen LogP contribution >= 0.6 is 0 Å². The first-order chi connectivity index (χ1) is 16.7. The molecule has 2 amide bonds. The molecule has 0 unspecified atom stereocenters. The lowest BCUT2D eigenvalue weighted by Crippen LogP contribution is -2.25.